The highest BCUT2D eigenvalue weighted by molar-refractivity contribution is 5.92. The second kappa shape index (κ2) is 7.27. The van der Waals surface area contributed by atoms with Crippen LogP contribution in [0.5, 0.6) is 0 Å². The molecule has 0 unspecified atom stereocenters. The molecule has 4 heteroatoms. The maximum Gasteiger partial charge on any atom is 0.270 e. The minimum Gasteiger partial charge on any atom is -0.357 e. The standard InChI is InChI=1S/C19H22N2O2/c22-17-10-12-20-18(14-17)19(23)21(16-8-4-5-9-16)13-11-15-6-2-1-3-7-15/h1-3,6-7,10,12,14,16H,4-5,8-9,11,13H2,(H,20,22). The molecule has 120 valence electrons. The van der Waals surface area contributed by atoms with Gasteiger partial charge < -0.3 is 9.88 Å². The monoisotopic (exact) mass is 310 g/mol. The van der Waals surface area contributed by atoms with Crippen molar-refractivity contribution in [2.45, 2.75) is 38.1 Å². The summed E-state index contributed by atoms with van der Waals surface area (Å²) in [6.07, 6.45) is 6.82. The lowest BCUT2D eigenvalue weighted by atomic mass is 10.1. The Morgan fingerprint density at radius 3 is 2.57 bits per heavy atom. The van der Waals surface area contributed by atoms with E-state index >= 15 is 0 Å². The van der Waals surface area contributed by atoms with Crippen LogP contribution >= 0.6 is 0 Å². The molecule has 0 aliphatic heterocycles. The Labute approximate surface area is 136 Å². The number of aromatic nitrogens is 1. The van der Waals surface area contributed by atoms with Crippen LogP contribution in [0.15, 0.2) is 53.5 Å². The number of H-pyrrole nitrogens is 1. The van der Waals surface area contributed by atoms with E-state index in [0.29, 0.717) is 12.2 Å². The first-order valence-corrected chi connectivity index (χ1v) is 8.28. The fourth-order valence-corrected chi connectivity index (χ4v) is 3.28. The number of hydrogen-bond acceptors (Lipinski definition) is 2. The lowest BCUT2D eigenvalue weighted by molar-refractivity contribution is 0.0678. The molecular formula is C19H22N2O2. The van der Waals surface area contributed by atoms with Crippen molar-refractivity contribution in [3.63, 3.8) is 0 Å². The van der Waals surface area contributed by atoms with E-state index in [0.717, 1.165) is 19.3 Å². The number of pyridine rings is 1. The van der Waals surface area contributed by atoms with Crippen molar-refractivity contribution >= 4 is 5.91 Å². The Bertz CT molecular complexity index is 703. The summed E-state index contributed by atoms with van der Waals surface area (Å²) in [5, 5.41) is 0. The van der Waals surface area contributed by atoms with Crippen LogP contribution in [0.3, 0.4) is 0 Å². The molecular weight excluding hydrogens is 288 g/mol. The van der Waals surface area contributed by atoms with Crippen molar-refractivity contribution in [2.75, 3.05) is 6.54 Å². The van der Waals surface area contributed by atoms with Gasteiger partial charge in [0, 0.05) is 30.9 Å². The van der Waals surface area contributed by atoms with Gasteiger partial charge in [-0.3, -0.25) is 9.59 Å². The summed E-state index contributed by atoms with van der Waals surface area (Å²) < 4.78 is 0. The second-order valence-corrected chi connectivity index (χ2v) is 6.11. The molecule has 1 aromatic carbocycles. The summed E-state index contributed by atoms with van der Waals surface area (Å²) in [5.74, 6) is -0.0643. The number of hydrogen-bond donors (Lipinski definition) is 1. The zero-order valence-electron chi connectivity index (χ0n) is 13.2. The molecule has 0 bridgehead atoms. The molecule has 4 nitrogen and oxygen atoms in total. The number of benzene rings is 1. The molecule has 1 fully saturated rings. The van der Waals surface area contributed by atoms with Gasteiger partial charge in [0.25, 0.3) is 5.91 Å². The van der Waals surface area contributed by atoms with Crippen molar-refractivity contribution in [3.8, 4) is 0 Å². The van der Waals surface area contributed by atoms with E-state index in [9.17, 15) is 9.59 Å². The Morgan fingerprint density at radius 2 is 1.87 bits per heavy atom. The number of rotatable bonds is 5. The van der Waals surface area contributed by atoms with Gasteiger partial charge in [-0.15, -0.1) is 0 Å². The van der Waals surface area contributed by atoms with Crippen LogP contribution in [0.25, 0.3) is 0 Å². The van der Waals surface area contributed by atoms with Crippen LogP contribution in [-0.2, 0) is 6.42 Å². The Balaban J connectivity index is 1.77. The van der Waals surface area contributed by atoms with Gasteiger partial charge in [-0.25, -0.2) is 0 Å². The van der Waals surface area contributed by atoms with Gasteiger partial charge in [0.2, 0.25) is 0 Å². The minimum atomic E-state index is -0.137. The highest BCUT2D eigenvalue weighted by Gasteiger charge is 2.27. The molecule has 1 saturated carbocycles. The van der Waals surface area contributed by atoms with Gasteiger partial charge in [-0.2, -0.15) is 0 Å². The lowest BCUT2D eigenvalue weighted by Gasteiger charge is -2.29. The number of amides is 1. The molecule has 0 spiro atoms. The Morgan fingerprint density at radius 1 is 1.13 bits per heavy atom. The summed E-state index contributed by atoms with van der Waals surface area (Å²) >= 11 is 0. The van der Waals surface area contributed by atoms with Gasteiger partial charge in [-0.1, -0.05) is 43.2 Å². The Hall–Kier alpha value is -2.36. The third-order valence-corrected chi connectivity index (χ3v) is 4.51. The van der Waals surface area contributed by atoms with E-state index in [1.54, 1.807) is 6.20 Å². The van der Waals surface area contributed by atoms with Crippen LogP contribution in [-0.4, -0.2) is 28.4 Å². The van der Waals surface area contributed by atoms with Gasteiger partial charge >= 0.3 is 0 Å². The number of nitrogens with one attached hydrogen (secondary N) is 1. The van der Waals surface area contributed by atoms with E-state index in [-0.39, 0.29) is 17.4 Å². The van der Waals surface area contributed by atoms with E-state index in [1.807, 2.05) is 23.1 Å². The summed E-state index contributed by atoms with van der Waals surface area (Å²) in [7, 11) is 0. The molecule has 1 heterocycles. The lowest BCUT2D eigenvalue weighted by Crippen LogP contribution is -2.41. The largest absolute Gasteiger partial charge is 0.357 e. The maximum atomic E-state index is 12.9. The van der Waals surface area contributed by atoms with E-state index in [4.69, 9.17) is 0 Å². The maximum absolute atomic E-state index is 12.9. The summed E-state index contributed by atoms with van der Waals surface area (Å²) in [4.78, 5) is 29.3. The van der Waals surface area contributed by atoms with Crippen molar-refractivity contribution in [1.29, 1.82) is 0 Å². The third kappa shape index (κ3) is 3.89. The molecule has 3 rings (SSSR count). The van der Waals surface area contributed by atoms with Crippen LogP contribution in [0, 0.1) is 0 Å². The van der Waals surface area contributed by atoms with Gasteiger partial charge in [0.1, 0.15) is 5.69 Å². The predicted molar refractivity (Wildman–Crippen MR) is 90.5 cm³/mol. The molecule has 2 aromatic rings. The number of aromatic amines is 1. The average molecular weight is 310 g/mol. The first-order chi connectivity index (χ1) is 11.2. The predicted octanol–water partition coefficient (Wildman–Crippen LogP) is 3.00. The molecule has 0 radical (unpaired) electrons. The highest BCUT2D eigenvalue weighted by atomic mass is 16.2. The fraction of sp³-hybridized carbons (Fsp3) is 0.368. The quantitative estimate of drug-likeness (QED) is 0.923. The van der Waals surface area contributed by atoms with Gasteiger partial charge in [0.05, 0.1) is 0 Å². The smallest absolute Gasteiger partial charge is 0.270 e. The normalized spacial score (nSPS) is 14.8. The zero-order valence-corrected chi connectivity index (χ0v) is 13.2. The van der Waals surface area contributed by atoms with Gasteiger partial charge in [0.15, 0.2) is 5.43 Å². The zero-order chi connectivity index (χ0) is 16.1. The van der Waals surface area contributed by atoms with Crippen molar-refractivity contribution in [2.24, 2.45) is 0 Å². The highest BCUT2D eigenvalue weighted by Crippen LogP contribution is 2.24. The van der Waals surface area contributed by atoms with Crippen molar-refractivity contribution < 1.29 is 4.79 Å². The summed E-state index contributed by atoms with van der Waals surface area (Å²) in [5.41, 5.74) is 1.48. The molecule has 1 amide bonds. The third-order valence-electron chi connectivity index (χ3n) is 4.51. The Kier molecular flexibility index (Phi) is 4.91. The molecule has 1 aliphatic rings. The van der Waals surface area contributed by atoms with Crippen LogP contribution < -0.4 is 5.43 Å². The second-order valence-electron chi connectivity index (χ2n) is 6.11. The molecule has 1 aliphatic carbocycles. The minimum absolute atomic E-state index is 0.0643. The number of carbonyl (C=O) groups excluding carboxylic acids is 1. The first-order valence-electron chi connectivity index (χ1n) is 8.28. The number of carbonyl (C=O) groups is 1. The van der Waals surface area contributed by atoms with Crippen LogP contribution in [0.2, 0.25) is 0 Å². The average Bonchev–Trinajstić information content (AvgIpc) is 3.10. The topological polar surface area (TPSA) is 53.2 Å². The van der Waals surface area contributed by atoms with Gasteiger partial charge in [-0.05, 0) is 24.8 Å². The summed E-state index contributed by atoms with van der Waals surface area (Å²) in [6.45, 7) is 0.685. The van der Waals surface area contributed by atoms with E-state index in [1.165, 1.54) is 30.5 Å². The molecule has 0 saturated heterocycles. The van der Waals surface area contributed by atoms with Crippen molar-refractivity contribution in [1.82, 2.24) is 9.88 Å². The van der Waals surface area contributed by atoms with Crippen LogP contribution in [0.1, 0.15) is 41.7 Å². The molecule has 23 heavy (non-hydrogen) atoms. The van der Waals surface area contributed by atoms with E-state index in [2.05, 4.69) is 17.1 Å². The fourth-order valence-electron chi connectivity index (χ4n) is 3.28. The molecule has 0 atom stereocenters. The summed E-state index contributed by atoms with van der Waals surface area (Å²) in [6, 6.07) is 13.3. The SMILES string of the molecule is O=C(c1cc(=O)cc[nH]1)N(CCc1ccccc1)C1CCCC1. The van der Waals surface area contributed by atoms with Crippen LogP contribution in [0.4, 0.5) is 0 Å². The van der Waals surface area contributed by atoms with E-state index < -0.39 is 0 Å². The molecule has 1 aromatic heterocycles. The first kappa shape index (κ1) is 15.5. The number of nitrogens with zero attached hydrogens (tertiary/aromatic N) is 1. The van der Waals surface area contributed by atoms with Crippen molar-refractivity contribution in [3.05, 3.63) is 70.1 Å². The molecule has 1 N–H and O–H groups in total.